The van der Waals surface area contributed by atoms with Crippen LogP contribution in [0.5, 0.6) is 5.75 Å². The molecular formula is C17H19Cl2N3O4. The van der Waals surface area contributed by atoms with Gasteiger partial charge in [0.1, 0.15) is 16.5 Å². The first kappa shape index (κ1) is 20.1. The molecule has 9 heteroatoms. The van der Waals surface area contributed by atoms with Crippen LogP contribution in [-0.4, -0.2) is 34.9 Å². The molecule has 1 aromatic carbocycles. The Morgan fingerprint density at radius 2 is 1.92 bits per heavy atom. The third kappa shape index (κ3) is 4.11. The summed E-state index contributed by atoms with van der Waals surface area (Å²) in [5.74, 6) is -0.836. The highest BCUT2D eigenvalue weighted by molar-refractivity contribution is 6.33. The predicted octanol–water partition coefficient (Wildman–Crippen LogP) is 3.54. The number of hydrogen-bond acceptors (Lipinski definition) is 5. The van der Waals surface area contributed by atoms with Gasteiger partial charge >= 0.3 is 5.97 Å². The van der Waals surface area contributed by atoms with Crippen LogP contribution in [0.15, 0.2) is 12.1 Å². The number of nitrogens with one attached hydrogen (secondary N) is 1. The monoisotopic (exact) mass is 399 g/mol. The van der Waals surface area contributed by atoms with E-state index in [4.69, 9.17) is 32.7 Å². The van der Waals surface area contributed by atoms with Gasteiger partial charge in [-0.25, -0.2) is 4.79 Å². The lowest BCUT2D eigenvalue weighted by Crippen LogP contribution is -2.30. The summed E-state index contributed by atoms with van der Waals surface area (Å²) in [5, 5.41) is 7.38. The number of hydrogen-bond donors (Lipinski definition) is 1. The quantitative estimate of drug-likeness (QED) is 0.777. The second-order valence-electron chi connectivity index (χ2n) is 5.71. The summed E-state index contributed by atoms with van der Waals surface area (Å²) >= 11 is 12.1. The van der Waals surface area contributed by atoms with E-state index in [1.807, 2.05) is 0 Å². The maximum absolute atomic E-state index is 12.4. The van der Waals surface area contributed by atoms with Crippen molar-refractivity contribution in [3.8, 4) is 5.75 Å². The summed E-state index contributed by atoms with van der Waals surface area (Å²) in [6.07, 6.45) is -1.06. The van der Waals surface area contributed by atoms with E-state index in [2.05, 4.69) is 10.4 Å². The van der Waals surface area contributed by atoms with Gasteiger partial charge in [0.25, 0.3) is 5.91 Å². The van der Waals surface area contributed by atoms with Gasteiger partial charge in [-0.2, -0.15) is 5.10 Å². The van der Waals surface area contributed by atoms with Gasteiger partial charge in [-0.1, -0.05) is 23.2 Å². The van der Waals surface area contributed by atoms with Crippen molar-refractivity contribution in [2.75, 3.05) is 12.4 Å². The van der Waals surface area contributed by atoms with Gasteiger partial charge < -0.3 is 14.8 Å². The molecule has 1 amide bonds. The number of anilines is 1. The lowest BCUT2D eigenvalue weighted by molar-refractivity contribution is -0.123. The Morgan fingerprint density at radius 3 is 2.46 bits per heavy atom. The van der Waals surface area contributed by atoms with E-state index in [0.29, 0.717) is 22.2 Å². The number of ether oxygens (including phenoxy) is 2. The van der Waals surface area contributed by atoms with Crippen LogP contribution in [0.2, 0.25) is 10.2 Å². The Labute approximate surface area is 161 Å². The minimum absolute atomic E-state index is 0.133. The second-order valence-corrected chi connectivity index (χ2v) is 6.48. The van der Waals surface area contributed by atoms with Crippen LogP contribution < -0.4 is 10.1 Å². The molecule has 26 heavy (non-hydrogen) atoms. The molecule has 1 atom stereocenters. The summed E-state index contributed by atoms with van der Waals surface area (Å²) in [7, 11) is 3.07. The van der Waals surface area contributed by atoms with E-state index >= 15 is 0 Å². The molecule has 0 bridgehead atoms. The average molecular weight is 400 g/mol. The number of rotatable bonds is 5. The van der Waals surface area contributed by atoms with E-state index in [9.17, 15) is 9.59 Å². The first-order valence-electron chi connectivity index (χ1n) is 7.70. The molecule has 0 fully saturated rings. The SMILES string of the molecule is COc1cc(Cl)c(C)cc1NC(=O)C(C)OC(=O)c1c(C)nn(C)c1Cl. The molecule has 0 radical (unpaired) electrons. The van der Waals surface area contributed by atoms with Crippen molar-refractivity contribution in [1.29, 1.82) is 0 Å². The van der Waals surface area contributed by atoms with Crippen molar-refractivity contribution >= 4 is 40.8 Å². The van der Waals surface area contributed by atoms with Crippen molar-refractivity contribution in [2.24, 2.45) is 7.05 Å². The zero-order valence-corrected chi connectivity index (χ0v) is 16.5. The van der Waals surface area contributed by atoms with Crippen molar-refractivity contribution in [3.05, 3.63) is 39.1 Å². The van der Waals surface area contributed by atoms with Crippen LogP contribution >= 0.6 is 23.2 Å². The highest BCUT2D eigenvalue weighted by atomic mass is 35.5. The van der Waals surface area contributed by atoms with E-state index in [1.54, 1.807) is 33.0 Å². The summed E-state index contributed by atoms with van der Waals surface area (Å²) in [6, 6.07) is 3.28. The number of aryl methyl sites for hydroxylation is 3. The number of benzene rings is 1. The van der Waals surface area contributed by atoms with Crippen molar-refractivity contribution in [3.63, 3.8) is 0 Å². The topological polar surface area (TPSA) is 82.4 Å². The molecule has 2 rings (SSSR count). The summed E-state index contributed by atoms with van der Waals surface area (Å²) in [4.78, 5) is 24.7. The number of amides is 1. The highest BCUT2D eigenvalue weighted by Crippen LogP contribution is 2.31. The molecule has 0 saturated carbocycles. The van der Waals surface area contributed by atoms with Crippen LogP contribution in [0, 0.1) is 13.8 Å². The van der Waals surface area contributed by atoms with Crippen molar-refractivity contribution in [1.82, 2.24) is 9.78 Å². The predicted molar refractivity (Wildman–Crippen MR) is 99.2 cm³/mol. The number of methoxy groups -OCH3 is 1. The van der Waals surface area contributed by atoms with Crippen LogP contribution in [0.25, 0.3) is 0 Å². The molecule has 140 valence electrons. The molecule has 1 unspecified atom stereocenters. The largest absolute Gasteiger partial charge is 0.495 e. The van der Waals surface area contributed by atoms with Gasteiger partial charge in [-0.3, -0.25) is 9.48 Å². The Kier molecular flexibility index (Phi) is 6.15. The Hall–Kier alpha value is -2.25. The standard InChI is InChI=1S/C17H19Cl2N3O4/c1-8-6-12(13(25-5)7-11(8)18)20-16(23)10(3)26-17(24)14-9(2)21-22(4)15(14)19/h6-7,10H,1-5H3,(H,20,23). The molecule has 0 aliphatic heterocycles. The van der Waals surface area contributed by atoms with E-state index in [0.717, 1.165) is 5.56 Å². The van der Waals surface area contributed by atoms with Crippen LogP contribution in [0.3, 0.4) is 0 Å². The smallest absolute Gasteiger partial charge is 0.343 e. The van der Waals surface area contributed by atoms with Crippen molar-refractivity contribution < 1.29 is 19.1 Å². The van der Waals surface area contributed by atoms with Gasteiger partial charge in [-0.05, 0) is 32.4 Å². The lowest BCUT2D eigenvalue weighted by atomic mass is 10.2. The summed E-state index contributed by atoms with van der Waals surface area (Å²) < 4.78 is 11.8. The highest BCUT2D eigenvalue weighted by Gasteiger charge is 2.25. The van der Waals surface area contributed by atoms with E-state index in [1.165, 1.54) is 18.7 Å². The van der Waals surface area contributed by atoms with E-state index in [-0.39, 0.29) is 10.7 Å². The first-order valence-corrected chi connectivity index (χ1v) is 8.46. The average Bonchev–Trinajstić information content (AvgIpc) is 2.82. The summed E-state index contributed by atoms with van der Waals surface area (Å²) in [5.41, 5.74) is 1.75. The number of carbonyl (C=O) groups is 2. The Bertz CT molecular complexity index is 864. The molecule has 7 nitrogen and oxygen atoms in total. The number of nitrogens with zero attached hydrogens (tertiary/aromatic N) is 2. The van der Waals surface area contributed by atoms with Gasteiger partial charge in [0, 0.05) is 18.1 Å². The maximum Gasteiger partial charge on any atom is 0.343 e. The molecule has 1 aromatic heterocycles. The molecule has 0 aliphatic carbocycles. The fourth-order valence-corrected chi connectivity index (χ4v) is 2.70. The normalized spacial score (nSPS) is 11.8. The Morgan fingerprint density at radius 1 is 1.27 bits per heavy atom. The maximum atomic E-state index is 12.4. The van der Waals surface area contributed by atoms with Crippen LogP contribution in [0.1, 0.15) is 28.5 Å². The van der Waals surface area contributed by atoms with E-state index < -0.39 is 18.0 Å². The number of aromatic nitrogens is 2. The fraction of sp³-hybridized carbons (Fsp3) is 0.353. The number of esters is 1. The molecule has 2 aromatic rings. The van der Waals surface area contributed by atoms with Crippen molar-refractivity contribution in [2.45, 2.75) is 26.9 Å². The molecule has 1 heterocycles. The third-order valence-electron chi connectivity index (χ3n) is 3.75. The number of halogens is 2. The first-order chi connectivity index (χ1) is 12.1. The Balaban J connectivity index is 2.13. The molecule has 0 aliphatic rings. The molecule has 0 spiro atoms. The third-order valence-corrected chi connectivity index (χ3v) is 4.59. The molecule has 0 saturated heterocycles. The lowest BCUT2D eigenvalue weighted by Gasteiger charge is -2.16. The van der Waals surface area contributed by atoms with Gasteiger partial charge in [-0.15, -0.1) is 0 Å². The molecular weight excluding hydrogens is 381 g/mol. The fourth-order valence-electron chi connectivity index (χ4n) is 2.30. The zero-order valence-electron chi connectivity index (χ0n) is 15.0. The van der Waals surface area contributed by atoms with Crippen LogP contribution in [-0.2, 0) is 16.6 Å². The van der Waals surface area contributed by atoms with Gasteiger partial charge in [0.15, 0.2) is 6.10 Å². The number of carbonyl (C=O) groups excluding carboxylic acids is 2. The minimum Gasteiger partial charge on any atom is -0.495 e. The zero-order chi connectivity index (χ0) is 19.6. The minimum atomic E-state index is -1.06. The molecule has 1 N–H and O–H groups in total. The van der Waals surface area contributed by atoms with Gasteiger partial charge in [0.2, 0.25) is 0 Å². The van der Waals surface area contributed by atoms with Gasteiger partial charge in [0.05, 0.1) is 18.5 Å². The van der Waals surface area contributed by atoms with Crippen LogP contribution in [0.4, 0.5) is 5.69 Å². The summed E-state index contributed by atoms with van der Waals surface area (Å²) in [6.45, 7) is 4.89. The second kappa shape index (κ2) is 7.97.